The summed E-state index contributed by atoms with van der Waals surface area (Å²) in [6.07, 6.45) is 2.24. The van der Waals surface area contributed by atoms with Crippen molar-refractivity contribution in [2.75, 3.05) is 0 Å². The number of para-hydroxylation sites is 1. The smallest absolute Gasteiger partial charge is 0.123 e. The van der Waals surface area contributed by atoms with E-state index in [9.17, 15) is 15.3 Å². The summed E-state index contributed by atoms with van der Waals surface area (Å²) in [5.41, 5.74) is 16.0. The summed E-state index contributed by atoms with van der Waals surface area (Å²) < 4.78 is 0. The average molecular weight is 869 g/mol. The molecule has 0 aromatic heterocycles. The van der Waals surface area contributed by atoms with E-state index in [1.165, 1.54) is 50.1 Å². The molecule has 5 aromatic carbocycles. The fourth-order valence-electron chi connectivity index (χ4n) is 9.05. The molecule has 64 heavy (non-hydrogen) atoms. The van der Waals surface area contributed by atoms with Gasteiger partial charge in [-0.3, -0.25) is 0 Å². The van der Waals surface area contributed by atoms with Crippen LogP contribution in [-0.4, -0.2) is 20.4 Å². The van der Waals surface area contributed by atoms with E-state index < -0.39 is 0 Å². The highest BCUT2D eigenvalue weighted by Crippen LogP contribution is 2.45. The second-order valence-electron chi connectivity index (χ2n) is 24.8. The molecular weight excluding hydrogens is 785 g/mol. The third-order valence-corrected chi connectivity index (χ3v) is 13.0. The number of aromatic hydroxyl groups is 4. The first-order chi connectivity index (χ1) is 28.9. The Hall–Kier alpha value is -4.70. The Bertz CT molecular complexity index is 2080. The number of benzene rings is 5. The number of phenols is 4. The highest BCUT2D eigenvalue weighted by Gasteiger charge is 2.31. The van der Waals surface area contributed by atoms with E-state index in [1.807, 2.05) is 6.07 Å². The molecule has 0 atom stereocenters. The van der Waals surface area contributed by atoms with Crippen LogP contribution in [0.5, 0.6) is 23.0 Å². The maximum atomic E-state index is 11.6. The lowest BCUT2D eigenvalue weighted by Crippen LogP contribution is -2.19. The number of hydrogen-bond acceptors (Lipinski definition) is 4. The molecule has 0 heterocycles. The quantitative estimate of drug-likeness (QED) is 0.137. The van der Waals surface area contributed by atoms with Crippen molar-refractivity contribution in [2.45, 2.75) is 197 Å². The third kappa shape index (κ3) is 11.9. The highest BCUT2D eigenvalue weighted by molar-refractivity contribution is 5.59. The molecule has 5 aromatic rings. The molecule has 348 valence electrons. The zero-order valence-electron chi connectivity index (χ0n) is 43.8. The molecule has 0 bridgehead atoms. The predicted octanol–water partition coefficient (Wildman–Crippen LogP) is 15.7. The molecule has 0 aliphatic rings. The molecule has 4 heteroatoms. The lowest BCUT2D eigenvalue weighted by molar-refractivity contribution is 0.422. The van der Waals surface area contributed by atoms with Crippen LogP contribution in [-0.2, 0) is 51.8 Å². The summed E-state index contributed by atoms with van der Waals surface area (Å²) in [4.78, 5) is 0. The average Bonchev–Trinajstić information content (AvgIpc) is 3.13. The van der Waals surface area contributed by atoms with Crippen molar-refractivity contribution in [2.24, 2.45) is 0 Å². The summed E-state index contributed by atoms with van der Waals surface area (Å²) in [6, 6.07) is 22.1. The van der Waals surface area contributed by atoms with Gasteiger partial charge in [-0.05, 0) is 168 Å². The fourth-order valence-corrected chi connectivity index (χ4v) is 9.05. The minimum absolute atomic E-state index is 0.226. The Morgan fingerprint density at radius 3 is 0.641 bits per heavy atom. The van der Waals surface area contributed by atoms with Crippen LogP contribution >= 0.6 is 0 Å². The van der Waals surface area contributed by atoms with Crippen molar-refractivity contribution in [3.05, 3.63) is 150 Å². The van der Waals surface area contributed by atoms with Gasteiger partial charge in [-0.1, -0.05) is 179 Å². The Morgan fingerprint density at radius 1 is 0.312 bits per heavy atom. The first kappa shape index (κ1) is 51.9. The molecule has 0 saturated heterocycles. The number of phenolic OH excluding ortho intramolecular Hbond substituents is 4. The van der Waals surface area contributed by atoms with Crippen molar-refractivity contribution >= 4 is 0 Å². The van der Waals surface area contributed by atoms with Gasteiger partial charge in [0.15, 0.2) is 0 Å². The maximum absolute atomic E-state index is 11.6. The van der Waals surface area contributed by atoms with Gasteiger partial charge in [0.05, 0.1) is 0 Å². The second kappa shape index (κ2) is 18.3. The first-order valence-electron chi connectivity index (χ1n) is 23.4. The summed E-state index contributed by atoms with van der Waals surface area (Å²) in [5, 5.41) is 43.5. The molecule has 0 amide bonds. The van der Waals surface area contributed by atoms with Crippen LogP contribution in [0, 0.1) is 20.8 Å². The number of rotatable bonds is 6. The zero-order chi connectivity index (χ0) is 48.9. The predicted molar refractivity (Wildman–Crippen MR) is 274 cm³/mol. The Morgan fingerprint density at radius 2 is 0.500 bits per heavy atom. The van der Waals surface area contributed by atoms with Crippen LogP contribution in [0.25, 0.3) is 0 Å². The van der Waals surface area contributed by atoms with E-state index in [1.54, 1.807) is 24.3 Å². The number of hydrogen-bond donors (Lipinski definition) is 4. The molecule has 0 saturated carbocycles. The van der Waals surface area contributed by atoms with E-state index >= 15 is 0 Å². The Labute approximate surface area is 389 Å². The van der Waals surface area contributed by atoms with Crippen LogP contribution in [0.2, 0.25) is 0 Å². The molecule has 4 nitrogen and oxygen atoms in total. The third-order valence-electron chi connectivity index (χ3n) is 13.0. The molecule has 0 spiro atoms. The molecule has 5 rings (SSSR count). The van der Waals surface area contributed by atoms with E-state index in [-0.39, 0.29) is 32.5 Å². The lowest BCUT2D eigenvalue weighted by atomic mass is 9.75. The second-order valence-corrected chi connectivity index (χ2v) is 24.8. The summed E-state index contributed by atoms with van der Waals surface area (Å²) in [5.74, 6) is 1.55. The SMILES string of the molecule is Cc1c(Cc2cc(C(C)(C)C)c(O)c(C(C)(C)C)c2)c(C)c(Cc2cc(C(C)(C)C)c(O)c(C(C)(C)C)c2)c(C)c1Cc1cc(C(C)(C)C)c(O)c(C(C)(C)C)c1.Oc1ccccc1. The van der Waals surface area contributed by atoms with Gasteiger partial charge in [-0.25, -0.2) is 0 Å². The summed E-state index contributed by atoms with van der Waals surface area (Å²) in [6.45, 7) is 46.2. The summed E-state index contributed by atoms with van der Waals surface area (Å²) >= 11 is 0. The van der Waals surface area contributed by atoms with Gasteiger partial charge in [0, 0.05) is 0 Å². The molecule has 0 unspecified atom stereocenters. The molecule has 4 N–H and O–H groups in total. The van der Waals surface area contributed by atoms with Gasteiger partial charge in [0.2, 0.25) is 0 Å². The van der Waals surface area contributed by atoms with Crippen LogP contribution in [0.3, 0.4) is 0 Å². The van der Waals surface area contributed by atoms with E-state index in [0.29, 0.717) is 23.0 Å². The van der Waals surface area contributed by atoms with Crippen LogP contribution in [0.1, 0.15) is 208 Å². The van der Waals surface area contributed by atoms with E-state index in [4.69, 9.17) is 5.11 Å². The first-order valence-corrected chi connectivity index (χ1v) is 23.4. The molecule has 0 fully saturated rings. The normalized spacial score (nSPS) is 12.9. The largest absolute Gasteiger partial charge is 0.508 e. The van der Waals surface area contributed by atoms with Gasteiger partial charge in [0.25, 0.3) is 0 Å². The molecular formula is C60H84O4. The minimum Gasteiger partial charge on any atom is -0.508 e. The van der Waals surface area contributed by atoms with E-state index in [0.717, 1.165) is 52.6 Å². The lowest BCUT2D eigenvalue weighted by Gasteiger charge is -2.30. The topological polar surface area (TPSA) is 80.9 Å². The maximum Gasteiger partial charge on any atom is 0.123 e. The van der Waals surface area contributed by atoms with Crippen LogP contribution in [0.4, 0.5) is 0 Å². The van der Waals surface area contributed by atoms with Crippen LogP contribution < -0.4 is 0 Å². The van der Waals surface area contributed by atoms with Gasteiger partial charge in [-0.2, -0.15) is 0 Å². The van der Waals surface area contributed by atoms with Crippen molar-refractivity contribution < 1.29 is 20.4 Å². The van der Waals surface area contributed by atoms with Crippen LogP contribution in [0.15, 0.2) is 66.7 Å². The van der Waals surface area contributed by atoms with Crippen molar-refractivity contribution in [3.8, 4) is 23.0 Å². The van der Waals surface area contributed by atoms with Crippen molar-refractivity contribution in [1.82, 2.24) is 0 Å². The standard InChI is InChI=1S/C54H78O3.C6H6O/c1-31-37(22-34-25-40(49(4,5)6)46(55)41(26-34)50(7,8)9)32(2)39(24-36-29-44(53(16,17)18)48(57)45(30-36)54(19,20)21)33(3)38(31)23-35-27-42(51(10,11)12)47(56)43(28-35)52(13,14)15;7-6-4-2-1-3-5-6/h25-30,55-57H,22-24H2,1-21H3;1-5,7H. The van der Waals surface area contributed by atoms with Gasteiger partial charge < -0.3 is 20.4 Å². The minimum atomic E-state index is -0.226. The van der Waals surface area contributed by atoms with Gasteiger partial charge in [0.1, 0.15) is 23.0 Å². The summed E-state index contributed by atoms with van der Waals surface area (Å²) in [7, 11) is 0. The van der Waals surface area contributed by atoms with Gasteiger partial charge >= 0.3 is 0 Å². The molecule has 0 radical (unpaired) electrons. The highest BCUT2D eigenvalue weighted by atomic mass is 16.3. The van der Waals surface area contributed by atoms with Crippen molar-refractivity contribution in [1.29, 1.82) is 0 Å². The van der Waals surface area contributed by atoms with Gasteiger partial charge in [-0.15, -0.1) is 0 Å². The Kier molecular flexibility index (Phi) is 14.8. The zero-order valence-corrected chi connectivity index (χ0v) is 43.8. The molecule has 0 aliphatic carbocycles. The fraction of sp³-hybridized carbons (Fsp3) is 0.500. The van der Waals surface area contributed by atoms with E-state index in [2.05, 4.69) is 182 Å². The Balaban J connectivity index is 0.00000117. The molecule has 0 aliphatic heterocycles. The van der Waals surface area contributed by atoms with Crippen molar-refractivity contribution in [3.63, 3.8) is 0 Å². The monoisotopic (exact) mass is 869 g/mol.